The Labute approximate surface area is 147 Å². The maximum atomic E-state index is 12.5. The zero-order valence-corrected chi connectivity index (χ0v) is 15.5. The van der Waals surface area contributed by atoms with E-state index in [2.05, 4.69) is 15.4 Å². The van der Waals surface area contributed by atoms with Crippen LogP contribution in [0.4, 0.5) is 0 Å². The fourth-order valence-corrected chi connectivity index (χ4v) is 3.82. The third kappa shape index (κ3) is 3.33. The Hall–Kier alpha value is -2.15. The zero-order chi connectivity index (χ0) is 18.1. The van der Waals surface area contributed by atoms with Crippen LogP contribution in [-0.2, 0) is 18.3 Å². The highest BCUT2D eigenvalue weighted by molar-refractivity contribution is 5.81. The number of H-pyrrole nitrogens is 1. The van der Waals surface area contributed by atoms with Gasteiger partial charge in [-0.2, -0.15) is 0 Å². The van der Waals surface area contributed by atoms with Crippen LogP contribution in [0.2, 0.25) is 0 Å². The Bertz CT molecular complexity index is 843. The molecule has 3 rings (SSSR count). The predicted octanol–water partition coefficient (Wildman–Crippen LogP) is 1.02. The monoisotopic (exact) mass is 345 g/mol. The molecule has 1 aliphatic rings. The van der Waals surface area contributed by atoms with Crippen molar-refractivity contribution in [3.8, 4) is 0 Å². The molecular formula is C18H27N5O2. The minimum absolute atomic E-state index is 0.121. The van der Waals surface area contributed by atoms with Gasteiger partial charge >= 0.3 is 0 Å². The van der Waals surface area contributed by atoms with Gasteiger partial charge < -0.3 is 10.2 Å². The summed E-state index contributed by atoms with van der Waals surface area (Å²) in [6.45, 7) is 5.53. The van der Waals surface area contributed by atoms with Crippen LogP contribution in [-0.4, -0.2) is 51.8 Å². The number of aromatic amines is 1. The number of nitrogens with zero attached hydrogens (tertiary/aromatic N) is 3. The minimum atomic E-state index is -0.121. The summed E-state index contributed by atoms with van der Waals surface area (Å²) in [6, 6.07) is 0.518. The smallest absolute Gasteiger partial charge is 0.273 e. The van der Waals surface area contributed by atoms with Gasteiger partial charge in [0.25, 0.3) is 5.56 Å². The van der Waals surface area contributed by atoms with E-state index in [-0.39, 0.29) is 11.5 Å². The first kappa shape index (κ1) is 17.7. The van der Waals surface area contributed by atoms with E-state index in [1.54, 1.807) is 11.7 Å². The second kappa shape index (κ2) is 7.00. The third-order valence-electron chi connectivity index (χ3n) is 5.42. The van der Waals surface area contributed by atoms with Crippen molar-refractivity contribution in [2.75, 3.05) is 20.1 Å². The van der Waals surface area contributed by atoms with Gasteiger partial charge in [0.1, 0.15) is 0 Å². The van der Waals surface area contributed by atoms with E-state index < -0.39 is 0 Å². The van der Waals surface area contributed by atoms with Gasteiger partial charge in [0.2, 0.25) is 5.91 Å². The van der Waals surface area contributed by atoms with Crippen molar-refractivity contribution in [1.82, 2.24) is 25.0 Å². The predicted molar refractivity (Wildman–Crippen MR) is 97.8 cm³/mol. The SMILES string of the molecule is CNC1CCN(C(=O)CCc2c(C)nc3c(c2C)c(=O)[nH]n3C)CC1. The van der Waals surface area contributed by atoms with Crippen molar-refractivity contribution < 1.29 is 4.79 Å². The maximum absolute atomic E-state index is 12.5. The summed E-state index contributed by atoms with van der Waals surface area (Å²) in [6.07, 6.45) is 3.10. The summed E-state index contributed by atoms with van der Waals surface area (Å²) in [5.74, 6) is 0.190. The number of nitrogens with one attached hydrogen (secondary N) is 2. The van der Waals surface area contributed by atoms with Crippen LogP contribution in [0.15, 0.2) is 4.79 Å². The third-order valence-corrected chi connectivity index (χ3v) is 5.42. The van der Waals surface area contributed by atoms with Crippen molar-refractivity contribution in [3.63, 3.8) is 0 Å². The van der Waals surface area contributed by atoms with E-state index in [4.69, 9.17) is 0 Å². The first-order chi connectivity index (χ1) is 11.9. The van der Waals surface area contributed by atoms with E-state index in [0.717, 1.165) is 42.8 Å². The van der Waals surface area contributed by atoms with Crippen LogP contribution in [0.5, 0.6) is 0 Å². The number of carbonyl (C=O) groups is 1. The highest BCUT2D eigenvalue weighted by Gasteiger charge is 2.22. The van der Waals surface area contributed by atoms with Crippen LogP contribution >= 0.6 is 0 Å². The second-order valence-corrected chi connectivity index (χ2v) is 6.94. The number of hydrogen-bond acceptors (Lipinski definition) is 4. The molecule has 25 heavy (non-hydrogen) atoms. The molecule has 0 aromatic carbocycles. The normalized spacial score (nSPS) is 15.9. The van der Waals surface area contributed by atoms with E-state index in [0.29, 0.717) is 29.9 Å². The topological polar surface area (TPSA) is 83.0 Å². The van der Waals surface area contributed by atoms with Gasteiger partial charge in [-0.25, -0.2) is 4.98 Å². The molecule has 0 bridgehead atoms. The number of aryl methyl sites for hydroxylation is 3. The van der Waals surface area contributed by atoms with Crippen molar-refractivity contribution in [3.05, 3.63) is 27.2 Å². The van der Waals surface area contributed by atoms with Crippen molar-refractivity contribution in [2.24, 2.45) is 7.05 Å². The highest BCUT2D eigenvalue weighted by atomic mass is 16.2. The Morgan fingerprint density at radius 1 is 1.32 bits per heavy atom. The summed E-state index contributed by atoms with van der Waals surface area (Å²) in [7, 11) is 3.76. The van der Waals surface area contributed by atoms with E-state index in [1.165, 1.54) is 0 Å². The average Bonchev–Trinajstić information content (AvgIpc) is 2.88. The molecule has 0 unspecified atom stereocenters. The summed E-state index contributed by atoms with van der Waals surface area (Å²) in [5.41, 5.74) is 3.39. The number of hydrogen-bond donors (Lipinski definition) is 2. The Morgan fingerprint density at radius 3 is 2.64 bits per heavy atom. The molecule has 1 saturated heterocycles. The quantitative estimate of drug-likeness (QED) is 0.867. The number of fused-ring (bicyclic) bond motifs is 1. The molecule has 2 aromatic rings. The molecule has 2 N–H and O–H groups in total. The number of piperidine rings is 1. The summed E-state index contributed by atoms with van der Waals surface area (Å²) < 4.78 is 1.65. The van der Waals surface area contributed by atoms with Gasteiger partial charge in [-0.1, -0.05) is 0 Å². The zero-order valence-electron chi connectivity index (χ0n) is 15.5. The number of amides is 1. The minimum Gasteiger partial charge on any atom is -0.343 e. The first-order valence-corrected chi connectivity index (χ1v) is 8.92. The van der Waals surface area contributed by atoms with Gasteiger partial charge in [0.05, 0.1) is 5.39 Å². The Balaban J connectivity index is 1.74. The number of aromatic nitrogens is 3. The van der Waals surface area contributed by atoms with Crippen molar-refractivity contribution in [2.45, 2.75) is 45.6 Å². The van der Waals surface area contributed by atoms with E-state index in [1.807, 2.05) is 25.8 Å². The largest absolute Gasteiger partial charge is 0.343 e. The molecule has 0 spiro atoms. The molecule has 0 saturated carbocycles. The molecule has 7 heteroatoms. The molecule has 7 nitrogen and oxygen atoms in total. The first-order valence-electron chi connectivity index (χ1n) is 8.92. The molecule has 1 fully saturated rings. The van der Waals surface area contributed by atoms with Crippen molar-refractivity contribution in [1.29, 1.82) is 0 Å². The lowest BCUT2D eigenvalue weighted by atomic mass is 9.99. The number of pyridine rings is 1. The fourth-order valence-electron chi connectivity index (χ4n) is 3.82. The lowest BCUT2D eigenvalue weighted by Gasteiger charge is -2.32. The molecule has 0 aliphatic carbocycles. The van der Waals surface area contributed by atoms with Crippen LogP contribution in [0.25, 0.3) is 11.0 Å². The number of rotatable bonds is 4. The summed E-state index contributed by atoms with van der Waals surface area (Å²) in [4.78, 5) is 31.2. The van der Waals surface area contributed by atoms with Crippen LogP contribution in [0, 0.1) is 13.8 Å². The molecule has 3 heterocycles. The molecule has 1 amide bonds. The molecule has 2 aromatic heterocycles. The van der Waals surface area contributed by atoms with Gasteiger partial charge in [0, 0.05) is 38.3 Å². The molecule has 0 atom stereocenters. The van der Waals surface area contributed by atoms with Crippen molar-refractivity contribution >= 4 is 16.9 Å². The Kier molecular flexibility index (Phi) is 4.94. The average molecular weight is 345 g/mol. The number of likely N-dealkylation sites (tertiary alicyclic amines) is 1. The van der Waals surface area contributed by atoms with Crippen LogP contribution in [0.3, 0.4) is 0 Å². The van der Waals surface area contributed by atoms with Gasteiger partial charge in [-0.05, 0) is 51.3 Å². The molecule has 0 radical (unpaired) electrons. The van der Waals surface area contributed by atoms with Gasteiger partial charge in [-0.3, -0.25) is 19.4 Å². The molecule has 136 valence electrons. The van der Waals surface area contributed by atoms with Gasteiger partial charge in [-0.15, -0.1) is 0 Å². The fraction of sp³-hybridized carbons (Fsp3) is 0.611. The lowest BCUT2D eigenvalue weighted by molar-refractivity contribution is -0.132. The van der Waals surface area contributed by atoms with Gasteiger partial charge in [0.15, 0.2) is 5.65 Å². The Morgan fingerprint density at radius 2 is 2.00 bits per heavy atom. The maximum Gasteiger partial charge on any atom is 0.273 e. The molecular weight excluding hydrogens is 318 g/mol. The van der Waals surface area contributed by atoms with E-state index in [9.17, 15) is 9.59 Å². The summed E-state index contributed by atoms with van der Waals surface area (Å²) in [5, 5.41) is 6.66. The van der Waals surface area contributed by atoms with E-state index >= 15 is 0 Å². The second-order valence-electron chi connectivity index (χ2n) is 6.94. The van der Waals surface area contributed by atoms with Crippen LogP contribution in [0.1, 0.15) is 36.1 Å². The standard InChI is InChI=1S/C18H27N5O2/c1-11-14(12(2)20-17-16(11)18(25)21-22(17)4)5-6-15(24)23-9-7-13(19-3)8-10-23/h13,19H,5-10H2,1-4H3,(H,21,25). The van der Waals surface area contributed by atoms with Crippen LogP contribution < -0.4 is 10.9 Å². The highest BCUT2D eigenvalue weighted by Crippen LogP contribution is 2.21. The summed E-state index contributed by atoms with van der Waals surface area (Å²) >= 11 is 0. The lowest BCUT2D eigenvalue weighted by Crippen LogP contribution is -2.44. The molecule has 1 aliphatic heterocycles. The number of carbonyl (C=O) groups excluding carboxylic acids is 1.